The molecule has 0 aromatic carbocycles. The molecule has 98 valence electrons. The zero-order valence-electron chi connectivity index (χ0n) is 10.8. The molecular formula is C13H22FNO2. The summed E-state index contributed by atoms with van der Waals surface area (Å²) in [6, 6.07) is 0. The molecule has 0 aromatic rings. The molecule has 3 aliphatic rings. The Morgan fingerprint density at radius 3 is 2.35 bits per heavy atom. The van der Waals surface area contributed by atoms with Gasteiger partial charge in [0.15, 0.2) is 5.79 Å². The fraction of sp³-hybridized carbons (Fsp3) is 1.00. The predicted octanol–water partition coefficient (Wildman–Crippen LogP) is 1.29. The van der Waals surface area contributed by atoms with Gasteiger partial charge < -0.3 is 10.2 Å². The van der Waals surface area contributed by atoms with E-state index < -0.39 is 17.5 Å². The monoisotopic (exact) mass is 243 g/mol. The van der Waals surface area contributed by atoms with Gasteiger partial charge in [0.05, 0.1) is 5.54 Å². The number of fused-ring (bicyclic) bond motifs is 1. The molecule has 0 aromatic heterocycles. The van der Waals surface area contributed by atoms with Crippen molar-refractivity contribution in [3.8, 4) is 0 Å². The van der Waals surface area contributed by atoms with Crippen molar-refractivity contribution >= 4 is 0 Å². The minimum atomic E-state index is -1.77. The highest BCUT2D eigenvalue weighted by Crippen LogP contribution is 2.67. The first kappa shape index (κ1) is 11.9. The Morgan fingerprint density at radius 1 is 1.35 bits per heavy atom. The van der Waals surface area contributed by atoms with E-state index >= 15 is 0 Å². The highest BCUT2D eigenvalue weighted by atomic mass is 19.1. The van der Waals surface area contributed by atoms with Crippen LogP contribution in [-0.2, 0) is 0 Å². The van der Waals surface area contributed by atoms with Crippen molar-refractivity contribution in [1.29, 1.82) is 0 Å². The molecule has 1 saturated carbocycles. The molecule has 4 heteroatoms. The fourth-order valence-electron chi connectivity index (χ4n) is 4.50. The second kappa shape index (κ2) is 2.86. The van der Waals surface area contributed by atoms with Gasteiger partial charge in [-0.3, -0.25) is 4.90 Å². The number of nitrogens with zero attached hydrogens (tertiary/aromatic N) is 1. The third-order valence-electron chi connectivity index (χ3n) is 5.65. The second-order valence-electron chi connectivity index (χ2n) is 7.15. The molecule has 1 aliphatic carbocycles. The third-order valence-corrected chi connectivity index (χ3v) is 5.65. The first-order valence-electron chi connectivity index (χ1n) is 6.49. The van der Waals surface area contributed by atoms with Crippen LogP contribution in [-0.4, -0.2) is 45.7 Å². The summed E-state index contributed by atoms with van der Waals surface area (Å²) in [6.45, 7) is 7.15. The summed E-state index contributed by atoms with van der Waals surface area (Å²) < 4.78 is 13.6. The molecule has 2 N–H and O–H groups in total. The lowest BCUT2D eigenvalue weighted by Crippen LogP contribution is -2.63. The van der Waals surface area contributed by atoms with Crippen molar-refractivity contribution in [2.24, 2.45) is 10.8 Å². The molecule has 1 spiro atoms. The van der Waals surface area contributed by atoms with E-state index in [1.165, 1.54) is 6.92 Å². The van der Waals surface area contributed by atoms with Crippen LogP contribution in [0.1, 0.15) is 40.0 Å². The molecule has 3 rings (SSSR count). The topological polar surface area (TPSA) is 43.7 Å². The lowest BCUT2D eigenvalue weighted by molar-refractivity contribution is -0.245. The zero-order chi connectivity index (χ0) is 12.7. The normalized spacial score (nSPS) is 48.7. The summed E-state index contributed by atoms with van der Waals surface area (Å²) in [6.07, 6.45) is 1.37. The Kier molecular flexibility index (Phi) is 2.00. The van der Waals surface area contributed by atoms with E-state index in [4.69, 9.17) is 0 Å². The maximum atomic E-state index is 13.6. The van der Waals surface area contributed by atoms with Crippen molar-refractivity contribution in [2.45, 2.75) is 57.5 Å². The Morgan fingerprint density at radius 2 is 1.94 bits per heavy atom. The number of hydrogen-bond donors (Lipinski definition) is 2. The average Bonchev–Trinajstić information content (AvgIpc) is 2.52. The first-order valence-corrected chi connectivity index (χ1v) is 6.49. The summed E-state index contributed by atoms with van der Waals surface area (Å²) in [5.41, 5.74) is -1.15. The molecule has 2 heterocycles. The molecular weight excluding hydrogens is 221 g/mol. The van der Waals surface area contributed by atoms with Gasteiger partial charge in [-0.05, 0) is 38.1 Å². The van der Waals surface area contributed by atoms with Gasteiger partial charge in [0, 0.05) is 12.0 Å². The summed E-state index contributed by atoms with van der Waals surface area (Å²) in [5.74, 6) is -1.77. The number of rotatable bonds is 1. The Bertz CT molecular complexity index is 365. The number of hydrogen-bond acceptors (Lipinski definition) is 3. The molecule has 3 fully saturated rings. The van der Waals surface area contributed by atoms with E-state index in [2.05, 4.69) is 18.7 Å². The number of aliphatic hydroxyl groups is 2. The van der Waals surface area contributed by atoms with Crippen LogP contribution in [0.25, 0.3) is 0 Å². The summed E-state index contributed by atoms with van der Waals surface area (Å²) in [4.78, 5) is 2.13. The quantitative estimate of drug-likeness (QED) is 0.682. The smallest absolute Gasteiger partial charge is 0.179 e. The lowest BCUT2D eigenvalue weighted by Gasteiger charge is -2.49. The second-order valence-corrected chi connectivity index (χ2v) is 7.15. The number of halogens is 1. The van der Waals surface area contributed by atoms with Gasteiger partial charge in [-0.1, -0.05) is 13.8 Å². The summed E-state index contributed by atoms with van der Waals surface area (Å²) in [7, 11) is 0. The van der Waals surface area contributed by atoms with Crippen LogP contribution < -0.4 is 0 Å². The Hall–Kier alpha value is -0.190. The maximum absolute atomic E-state index is 13.6. The van der Waals surface area contributed by atoms with Crippen LogP contribution in [0, 0.1) is 10.8 Å². The largest absolute Gasteiger partial charge is 0.364 e. The minimum absolute atomic E-state index is 0.183. The van der Waals surface area contributed by atoms with Gasteiger partial charge in [0.1, 0.15) is 6.17 Å². The van der Waals surface area contributed by atoms with Gasteiger partial charge in [-0.2, -0.15) is 0 Å². The fourth-order valence-corrected chi connectivity index (χ4v) is 4.50. The summed E-state index contributed by atoms with van der Waals surface area (Å²) >= 11 is 0. The van der Waals surface area contributed by atoms with Crippen molar-refractivity contribution in [1.82, 2.24) is 4.90 Å². The minimum Gasteiger partial charge on any atom is -0.364 e. The van der Waals surface area contributed by atoms with E-state index in [-0.39, 0.29) is 10.8 Å². The van der Waals surface area contributed by atoms with E-state index in [1.54, 1.807) is 0 Å². The average molecular weight is 243 g/mol. The van der Waals surface area contributed by atoms with Crippen molar-refractivity contribution < 1.29 is 14.6 Å². The van der Waals surface area contributed by atoms with Gasteiger partial charge >= 0.3 is 0 Å². The van der Waals surface area contributed by atoms with Crippen molar-refractivity contribution in [3.63, 3.8) is 0 Å². The van der Waals surface area contributed by atoms with Gasteiger partial charge in [0.25, 0.3) is 0 Å². The molecule has 0 bridgehead atoms. The Balaban J connectivity index is 2.05. The Labute approximate surface area is 102 Å². The molecule has 2 unspecified atom stereocenters. The van der Waals surface area contributed by atoms with Crippen LogP contribution in [0.15, 0.2) is 0 Å². The van der Waals surface area contributed by atoms with E-state index in [0.717, 1.165) is 13.0 Å². The predicted molar refractivity (Wildman–Crippen MR) is 62.1 cm³/mol. The van der Waals surface area contributed by atoms with Crippen LogP contribution in [0.2, 0.25) is 0 Å². The van der Waals surface area contributed by atoms with Crippen molar-refractivity contribution in [2.75, 3.05) is 13.1 Å². The summed E-state index contributed by atoms with van der Waals surface area (Å²) in [5, 5.41) is 20.5. The third kappa shape index (κ3) is 1.22. The molecule has 2 aliphatic heterocycles. The molecule has 3 nitrogen and oxygen atoms in total. The van der Waals surface area contributed by atoms with E-state index in [0.29, 0.717) is 19.4 Å². The molecule has 3 atom stereocenters. The molecule has 0 amide bonds. The standard InChI is InChI=1S/C13H22FNO2/c1-10(2)4-5-15-8-12(6-9(12)14)7-13(10,15)11(3,16)17/h9,16-17H,4-8H2,1-3H3/t9?,12-,13?/m0/s1. The first-order chi connectivity index (χ1) is 7.65. The number of alkyl halides is 1. The van der Waals surface area contributed by atoms with Gasteiger partial charge in [-0.15, -0.1) is 0 Å². The van der Waals surface area contributed by atoms with Gasteiger partial charge in [-0.25, -0.2) is 4.39 Å². The van der Waals surface area contributed by atoms with E-state index in [1.807, 2.05) is 0 Å². The van der Waals surface area contributed by atoms with Crippen LogP contribution in [0.3, 0.4) is 0 Å². The van der Waals surface area contributed by atoms with E-state index in [9.17, 15) is 14.6 Å². The van der Waals surface area contributed by atoms with Gasteiger partial charge in [0.2, 0.25) is 0 Å². The highest BCUT2D eigenvalue weighted by molar-refractivity contribution is 5.25. The van der Waals surface area contributed by atoms with Crippen LogP contribution >= 0.6 is 0 Å². The molecule has 2 saturated heterocycles. The zero-order valence-corrected chi connectivity index (χ0v) is 10.8. The van der Waals surface area contributed by atoms with Crippen LogP contribution in [0.5, 0.6) is 0 Å². The SMILES string of the molecule is CC(O)(O)C12C[C@@]3(CC3F)CN1CCC2(C)C. The molecule has 17 heavy (non-hydrogen) atoms. The maximum Gasteiger partial charge on any atom is 0.179 e. The van der Waals surface area contributed by atoms with Crippen molar-refractivity contribution in [3.05, 3.63) is 0 Å². The lowest BCUT2D eigenvalue weighted by atomic mass is 9.66. The van der Waals surface area contributed by atoms with Crippen LogP contribution in [0.4, 0.5) is 4.39 Å². The molecule has 0 radical (unpaired) electrons. The highest BCUT2D eigenvalue weighted by Gasteiger charge is 2.75.